The molecule has 3 atom stereocenters. The molecule has 6 nitrogen and oxygen atoms in total. The van der Waals surface area contributed by atoms with Crippen LogP contribution in [0.2, 0.25) is 0 Å². The van der Waals surface area contributed by atoms with E-state index in [2.05, 4.69) is 29.6 Å². The minimum Gasteiger partial charge on any atom is -0.497 e. The summed E-state index contributed by atoms with van der Waals surface area (Å²) in [5.74, 6) is 0.758. The lowest BCUT2D eigenvalue weighted by Gasteiger charge is -2.25. The van der Waals surface area contributed by atoms with Crippen LogP contribution in [-0.4, -0.2) is 34.9 Å². The van der Waals surface area contributed by atoms with E-state index in [1.165, 1.54) is 0 Å². The van der Waals surface area contributed by atoms with Gasteiger partial charge >= 0.3 is 0 Å². The van der Waals surface area contributed by atoms with Crippen LogP contribution in [0.1, 0.15) is 37.9 Å². The number of aryl methyl sites for hydroxylation is 1. The molecule has 0 spiro atoms. The first-order valence-corrected chi connectivity index (χ1v) is 8.58. The van der Waals surface area contributed by atoms with Crippen LogP contribution in [0, 0.1) is 6.92 Å². The van der Waals surface area contributed by atoms with Crippen molar-refractivity contribution in [2.75, 3.05) is 7.11 Å². The topological polar surface area (TPSA) is 68.2 Å². The highest BCUT2D eigenvalue weighted by Gasteiger charge is 2.20. The van der Waals surface area contributed by atoms with Gasteiger partial charge in [0.25, 0.3) is 0 Å². The van der Waals surface area contributed by atoms with Crippen LogP contribution in [0.5, 0.6) is 5.75 Å². The van der Waals surface area contributed by atoms with Gasteiger partial charge in [0.15, 0.2) is 0 Å². The van der Waals surface area contributed by atoms with E-state index in [9.17, 15) is 4.79 Å². The highest BCUT2D eigenvalue weighted by molar-refractivity contribution is 5.81. The van der Waals surface area contributed by atoms with Gasteiger partial charge in [0.05, 0.1) is 25.4 Å². The molecule has 0 unspecified atom stereocenters. The van der Waals surface area contributed by atoms with Gasteiger partial charge in [0, 0.05) is 18.8 Å². The van der Waals surface area contributed by atoms with Gasteiger partial charge in [0.2, 0.25) is 5.91 Å². The summed E-state index contributed by atoms with van der Waals surface area (Å²) < 4.78 is 7.12. The van der Waals surface area contributed by atoms with Crippen molar-refractivity contribution in [2.45, 2.75) is 52.4 Å². The van der Waals surface area contributed by atoms with Crippen molar-refractivity contribution in [3.8, 4) is 5.75 Å². The van der Waals surface area contributed by atoms with Crippen LogP contribution in [0.4, 0.5) is 0 Å². The standard InChI is InChI=1S/C19H28N4O2/c1-13-10-21-23(12-13)16(4)14(2)22-15(3)19(24)20-11-17-7-6-8-18(9-17)25-5/h6-10,12,14-16,22H,11H2,1-5H3,(H,20,24)/t14-,15+,16-/m1/s1. The Morgan fingerprint density at radius 2 is 2.08 bits per heavy atom. The summed E-state index contributed by atoms with van der Waals surface area (Å²) in [4.78, 5) is 12.3. The number of amides is 1. The number of benzene rings is 1. The zero-order valence-corrected chi connectivity index (χ0v) is 15.6. The molecule has 0 radical (unpaired) electrons. The molecule has 25 heavy (non-hydrogen) atoms. The zero-order valence-electron chi connectivity index (χ0n) is 15.6. The Morgan fingerprint density at radius 3 is 2.72 bits per heavy atom. The number of carbonyl (C=O) groups excluding carboxylic acids is 1. The van der Waals surface area contributed by atoms with E-state index in [0.717, 1.165) is 16.9 Å². The summed E-state index contributed by atoms with van der Waals surface area (Å²) in [7, 11) is 1.63. The summed E-state index contributed by atoms with van der Waals surface area (Å²) in [5.41, 5.74) is 2.14. The van der Waals surface area contributed by atoms with Gasteiger partial charge in [-0.15, -0.1) is 0 Å². The molecule has 6 heteroatoms. The van der Waals surface area contributed by atoms with Crippen LogP contribution in [0.3, 0.4) is 0 Å². The zero-order chi connectivity index (χ0) is 18.4. The van der Waals surface area contributed by atoms with Gasteiger partial charge in [-0.05, 0) is 51.0 Å². The Balaban J connectivity index is 1.84. The molecule has 0 saturated carbocycles. The fourth-order valence-electron chi connectivity index (χ4n) is 2.62. The average Bonchev–Trinajstić information content (AvgIpc) is 3.05. The number of hydrogen-bond donors (Lipinski definition) is 2. The molecule has 1 aromatic carbocycles. The molecule has 0 bridgehead atoms. The van der Waals surface area contributed by atoms with Gasteiger partial charge in [-0.25, -0.2) is 0 Å². The monoisotopic (exact) mass is 344 g/mol. The maximum atomic E-state index is 12.3. The van der Waals surface area contributed by atoms with Crippen molar-refractivity contribution in [1.82, 2.24) is 20.4 Å². The molecule has 1 aromatic heterocycles. The van der Waals surface area contributed by atoms with Crippen LogP contribution >= 0.6 is 0 Å². The van der Waals surface area contributed by atoms with Crippen molar-refractivity contribution in [3.63, 3.8) is 0 Å². The summed E-state index contributed by atoms with van der Waals surface area (Å²) in [6, 6.07) is 7.65. The van der Waals surface area contributed by atoms with Gasteiger partial charge in [-0.3, -0.25) is 9.48 Å². The summed E-state index contributed by atoms with van der Waals surface area (Å²) in [6.07, 6.45) is 3.85. The molecule has 2 aromatic rings. The molecule has 0 aliphatic rings. The first kappa shape index (κ1) is 19.0. The van der Waals surface area contributed by atoms with Gasteiger partial charge in [0.1, 0.15) is 5.75 Å². The molecular formula is C19H28N4O2. The Kier molecular flexibility index (Phi) is 6.58. The van der Waals surface area contributed by atoms with E-state index in [1.54, 1.807) is 7.11 Å². The molecule has 1 heterocycles. The predicted molar refractivity (Wildman–Crippen MR) is 98.6 cm³/mol. The van der Waals surface area contributed by atoms with Crippen molar-refractivity contribution in [3.05, 3.63) is 47.8 Å². The molecule has 2 N–H and O–H groups in total. The highest BCUT2D eigenvalue weighted by atomic mass is 16.5. The van der Waals surface area contributed by atoms with Gasteiger partial charge in [-0.1, -0.05) is 12.1 Å². The number of hydrogen-bond acceptors (Lipinski definition) is 4. The molecule has 2 rings (SSSR count). The lowest BCUT2D eigenvalue weighted by atomic mass is 10.1. The third-order valence-electron chi connectivity index (χ3n) is 4.38. The number of carbonyl (C=O) groups is 1. The average molecular weight is 344 g/mol. The van der Waals surface area contributed by atoms with Crippen LogP contribution in [0.15, 0.2) is 36.7 Å². The van der Waals surface area contributed by atoms with Gasteiger partial charge < -0.3 is 15.4 Å². The Hall–Kier alpha value is -2.34. The predicted octanol–water partition coefficient (Wildman–Crippen LogP) is 2.44. The number of aromatic nitrogens is 2. The maximum absolute atomic E-state index is 12.3. The van der Waals surface area contributed by atoms with Crippen molar-refractivity contribution in [2.24, 2.45) is 0 Å². The van der Waals surface area contributed by atoms with E-state index < -0.39 is 0 Å². The second kappa shape index (κ2) is 8.67. The van der Waals surface area contributed by atoms with E-state index in [-0.39, 0.29) is 24.0 Å². The van der Waals surface area contributed by atoms with E-state index in [0.29, 0.717) is 6.54 Å². The minimum atomic E-state index is -0.292. The van der Waals surface area contributed by atoms with Gasteiger partial charge in [-0.2, -0.15) is 5.10 Å². The number of nitrogens with one attached hydrogen (secondary N) is 2. The molecule has 0 fully saturated rings. The first-order valence-electron chi connectivity index (χ1n) is 8.58. The van der Waals surface area contributed by atoms with E-state index in [4.69, 9.17) is 4.74 Å². The molecule has 0 aliphatic carbocycles. The fraction of sp³-hybridized carbons (Fsp3) is 0.474. The lowest BCUT2D eigenvalue weighted by Crippen LogP contribution is -2.47. The largest absolute Gasteiger partial charge is 0.497 e. The van der Waals surface area contributed by atoms with E-state index in [1.807, 2.05) is 55.2 Å². The minimum absolute atomic E-state index is 0.0292. The SMILES string of the molecule is COc1cccc(CNC(=O)[C@H](C)N[C@H](C)[C@@H](C)n2cc(C)cn2)c1. The van der Waals surface area contributed by atoms with Crippen LogP contribution < -0.4 is 15.4 Å². The number of methoxy groups -OCH3 is 1. The molecular weight excluding hydrogens is 316 g/mol. The summed E-state index contributed by atoms with van der Waals surface area (Å²) in [5, 5.41) is 10.7. The fourth-order valence-corrected chi connectivity index (χ4v) is 2.62. The van der Waals surface area contributed by atoms with Crippen LogP contribution in [-0.2, 0) is 11.3 Å². The Bertz CT molecular complexity index is 698. The Labute approximate surface area is 149 Å². The molecule has 0 aliphatic heterocycles. The molecule has 0 saturated heterocycles. The number of rotatable bonds is 8. The van der Waals surface area contributed by atoms with Crippen LogP contribution in [0.25, 0.3) is 0 Å². The first-order chi connectivity index (χ1) is 11.9. The highest BCUT2D eigenvalue weighted by Crippen LogP contribution is 2.13. The van der Waals surface area contributed by atoms with Crippen molar-refractivity contribution in [1.29, 1.82) is 0 Å². The quantitative estimate of drug-likeness (QED) is 0.772. The third-order valence-corrected chi connectivity index (χ3v) is 4.38. The second-order valence-corrected chi connectivity index (χ2v) is 6.48. The smallest absolute Gasteiger partial charge is 0.237 e. The molecule has 1 amide bonds. The normalized spacial score (nSPS) is 14.6. The molecule has 136 valence electrons. The van der Waals surface area contributed by atoms with Crippen molar-refractivity contribution < 1.29 is 9.53 Å². The lowest BCUT2D eigenvalue weighted by molar-refractivity contribution is -0.123. The summed E-state index contributed by atoms with van der Waals surface area (Å²) in [6.45, 7) is 8.52. The number of ether oxygens (including phenoxy) is 1. The third kappa shape index (κ3) is 5.32. The van der Waals surface area contributed by atoms with E-state index >= 15 is 0 Å². The van der Waals surface area contributed by atoms with Crippen molar-refractivity contribution >= 4 is 5.91 Å². The maximum Gasteiger partial charge on any atom is 0.237 e. The second-order valence-electron chi connectivity index (χ2n) is 6.48. The Morgan fingerprint density at radius 1 is 1.32 bits per heavy atom. The number of nitrogens with zero attached hydrogens (tertiary/aromatic N) is 2. The summed E-state index contributed by atoms with van der Waals surface area (Å²) >= 11 is 0.